The Morgan fingerprint density at radius 1 is 1.09 bits per heavy atom. The van der Waals surface area contributed by atoms with E-state index in [1.807, 2.05) is 24.3 Å². The monoisotopic (exact) mass is 297 g/mol. The maximum absolute atomic E-state index is 10.3. The van der Waals surface area contributed by atoms with Crippen molar-refractivity contribution in [2.45, 2.75) is 44.9 Å². The molecule has 0 radical (unpaired) electrons. The number of para-hydroxylation sites is 1. The van der Waals surface area contributed by atoms with Crippen LogP contribution in [0.2, 0.25) is 0 Å². The van der Waals surface area contributed by atoms with Gasteiger partial charge in [0.25, 0.3) is 0 Å². The molecule has 0 spiro atoms. The van der Waals surface area contributed by atoms with Gasteiger partial charge in [-0.1, -0.05) is 50.0 Å². The second-order valence-corrected chi connectivity index (χ2v) is 6.18. The molecule has 1 aromatic heterocycles. The van der Waals surface area contributed by atoms with Gasteiger partial charge >= 0.3 is 0 Å². The molecule has 3 rings (SSSR count). The summed E-state index contributed by atoms with van der Waals surface area (Å²) >= 11 is 0. The summed E-state index contributed by atoms with van der Waals surface area (Å²) in [7, 11) is 0. The Kier molecular flexibility index (Phi) is 4.62. The molecule has 1 fully saturated rings. The van der Waals surface area contributed by atoms with Gasteiger partial charge < -0.3 is 10.2 Å². The largest absolute Gasteiger partial charge is 0.507 e. The number of benzene rings is 1. The first-order chi connectivity index (χ1) is 10.8. The van der Waals surface area contributed by atoms with Crippen LogP contribution in [0.25, 0.3) is 10.9 Å². The predicted octanol–water partition coefficient (Wildman–Crippen LogP) is 4.72. The molecular weight excluding hydrogens is 274 g/mol. The first kappa shape index (κ1) is 14.9. The summed E-state index contributed by atoms with van der Waals surface area (Å²) in [5, 5.41) is 21.0. The first-order valence-corrected chi connectivity index (χ1v) is 8.20. The third-order valence-corrected chi connectivity index (χ3v) is 4.65. The fourth-order valence-electron chi connectivity index (χ4n) is 3.36. The molecule has 3 nitrogen and oxygen atoms in total. The molecule has 1 aliphatic carbocycles. The molecule has 0 unspecified atom stereocenters. The zero-order valence-corrected chi connectivity index (χ0v) is 12.8. The topological polar surface area (TPSA) is 53.4 Å². The number of rotatable bonds is 5. The van der Waals surface area contributed by atoms with E-state index in [2.05, 4.69) is 11.1 Å². The van der Waals surface area contributed by atoms with Crippen LogP contribution in [0.3, 0.4) is 0 Å². The molecule has 1 aromatic carbocycles. The minimum Gasteiger partial charge on any atom is -0.507 e. The number of aromatic hydroxyl groups is 2. The van der Waals surface area contributed by atoms with E-state index in [1.54, 1.807) is 6.07 Å². The summed E-state index contributed by atoms with van der Waals surface area (Å²) in [6, 6.07) is 7.32. The van der Waals surface area contributed by atoms with Gasteiger partial charge in [0.1, 0.15) is 5.75 Å². The van der Waals surface area contributed by atoms with Crippen LogP contribution in [0.15, 0.2) is 36.4 Å². The van der Waals surface area contributed by atoms with Gasteiger partial charge in [-0.05, 0) is 37.3 Å². The van der Waals surface area contributed by atoms with Gasteiger partial charge in [0.05, 0.1) is 11.1 Å². The van der Waals surface area contributed by atoms with Crippen molar-refractivity contribution in [2.75, 3.05) is 0 Å². The average molecular weight is 297 g/mol. The maximum Gasteiger partial charge on any atom is 0.218 e. The Morgan fingerprint density at radius 2 is 1.86 bits per heavy atom. The number of aromatic nitrogens is 1. The molecule has 1 saturated carbocycles. The normalized spacial score (nSPS) is 16.0. The summed E-state index contributed by atoms with van der Waals surface area (Å²) in [5.41, 5.74) is 1.13. The van der Waals surface area contributed by atoms with Crippen LogP contribution in [0.4, 0.5) is 0 Å². The van der Waals surface area contributed by atoms with Crippen LogP contribution in [0, 0.1) is 5.92 Å². The Hall–Kier alpha value is -2.03. The number of hydrogen-bond donors (Lipinski definition) is 2. The van der Waals surface area contributed by atoms with Crippen LogP contribution < -0.4 is 0 Å². The molecule has 22 heavy (non-hydrogen) atoms. The molecule has 3 heteroatoms. The van der Waals surface area contributed by atoms with Gasteiger partial charge in [0.2, 0.25) is 5.88 Å². The van der Waals surface area contributed by atoms with Gasteiger partial charge in [-0.3, -0.25) is 0 Å². The first-order valence-electron chi connectivity index (χ1n) is 8.20. The van der Waals surface area contributed by atoms with E-state index in [4.69, 9.17) is 0 Å². The number of fused-ring (bicyclic) bond motifs is 1. The second kappa shape index (κ2) is 6.82. The maximum atomic E-state index is 10.3. The lowest BCUT2D eigenvalue weighted by molar-refractivity contribution is 0.431. The van der Waals surface area contributed by atoms with E-state index >= 15 is 0 Å². The van der Waals surface area contributed by atoms with Crippen LogP contribution in [-0.2, 0) is 6.42 Å². The van der Waals surface area contributed by atoms with Gasteiger partial charge in [0, 0.05) is 5.39 Å². The fourth-order valence-corrected chi connectivity index (χ4v) is 3.36. The zero-order valence-electron chi connectivity index (χ0n) is 12.8. The number of nitrogens with zero attached hydrogens (tertiary/aromatic N) is 1. The molecule has 0 atom stereocenters. The molecule has 2 aromatic rings. The summed E-state index contributed by atoms with van der Waals surface area (Å²) in [6.07, 6.45) is 12.6. The second-order valence-electron chi connectivity index (χ2n) is 6.18. The highest BCUT2D eigenvalue weighted by molar-refractivity contribution is 5.87. The van der Waals surface area contributed by atoms with E-state index < -0.39 is 0 Å². The molecule has 116 valence electrons. The van der Waals surface area contributed by atoms with Crippen molar-refractivity contribution in [1.29, 1.82) is 0 Å². The third-order valence-electron chi connectivity index (χ3n) is 4.65. The number of allylic oxidation sites excluding steroid dienone is 2. The lowest BCUT2D eigenvalue weighted by Gasteiger charge is -2.08. The fraction of sp³-hybridized carbons (Fsp3) is 0.421. The van der Waals surface area contributed by atoms with Gasteiger partial charge in [-0.25, -0.2) is 4.98 Å². The minimum absolute atomic E-state index is 0.0726. The van der Waals surface area contributed by atoms with E-state index in [9.17, 15) is 10.2 Å². The van der Waals surface area contributed by atoms with Crippen molar-refractivity contribution in [3.05, 3.63) is 42.0 Å². The summed E-state index contributed by atoms with van der Waals surface area (Å²) < 4.78 is 0. The molecule has 0 bridgehead atoms. The van der Waals surface area contributed by atoms with Crippen molar-refractivity contribution >= 4 is 10.9 Å². The Labute approximate surface area is 131 Å². The van der Waals surface area contributed by atoms with E-state index in [-0.39, 0.29) is 11.6 Å². The van der Waals surface area contributed by atoms with Crippen molar-refractivity contribution in [3.8, 4) is 11.6 Å². The van der Waals surface area contributed by atoms with Gasteiger partial charge in [-0.2, -0.15) is 0 Å². The standard InChI is InChI=1S/C19H23NO2/c21-18-15-11-6-7-13-17(15)20-19(22)16(18)12-3-1-2-8-14-9-4-5-10-14/h1,3,6-7,11,13-14H,2,4-5,8-10,12H2,(H2,20,21,22)/b3-1+. The molecule has 0 amide bonds. The summed E-state index contributed by atoms with van der Waals surface area (Å²) in [6.45, 7) is 0. The minimum atomic E-state index is -0.0726. The van der Waals surface area contributed by atoms with Crippen LogP contribution >= 0.6 is 0 Å². The SMILES string of the molecule is Oc1nc2ccccc2c(O)c1C/C=C/CCC1CCCC1. The molecule has 1 aliphatic rings. The Bertz CT molecular complexity index is 672. The smallest absolute Gasteiger partial charge is 0.218 e. The average Bonchev–Trinajstić information content (AvgIpc) is 3.03. The van der Waals surface area contributed by atoms with Crippen LogP contribution in [0.5, 0.6) is 11.6 Å². The lowest BCUT2D eigenvalue weighted by Crippen LogP contribution is -1.92. The van der Waals surface area contributed by atoms with Crippen molar-refractivity contribution in [1.82, 2.24) is 4.98 Å². The quantitative estimate of drug-likeness (QED) is 0.785. The number of pyridine rings is 1. The van der Waals surface area contributed by atoms with Gasteiger partial charge in [-0.15, -0.1) is 0 Å². The molecular formula is C19H23NO2. The van der Waals surface area contributed by atoms with Crippen LogP contribution in [0.1, 0.15) is 44.1 Å². The van der Waals surface area contributed by atoms with Crippen molar-refractivity contribution in [3.63, 3.8) is 0 Å². The van der Waals surface area contributed by atoms with E-state index in [1.165, 1.54) is 32.1 Å². The zero-order chi connectivity index (χ0) is 15.4. The highest BCUT2D eigenvalue weighted by Crippen LogP contribution is 2.33. The predicted molar refractivity (Wildman–Crippen MR) is 89.1 cm³/mol. The van der Waals surface area contributed by atoms with E-state index in [0.717, 1.165) is 12.3 Å². The Balaban J connectivity index is 1.65. The van der Waals surface area contributed by atoms with Gasteiger partial charge in [0.15, 0.2) is 0 Å². The summed E-state index contributed by atoms with van der Waals surface area (Å²) in [4.78, 5) is 4.16. The molecule has 2 N–H and O–H groups in total. The van der Waals surface area contributed by atoms with E-state index in [0.29, 0.717) is 22.9 Å². The highest BCUT2D eigenvalue weighted by atomic mass is 16.3. The highest BCUT2D eigenvalue weighted by Gasteiger charge is 2.14. The van der Waals surface area contributed by atoms with Crippen molar-refractivity contribution in [2.24, 2.45) is 5.92 Å². The molecule has 0 aliphatic heterocycles. The number of hydrogen-bond acceptors (Lipinski definition) is 3. The van der Waals surface area contributed by atoms with Crippen molar-refractivity contribution < 1.29 is 10.2 Å². The molecule has 1 heterocycles. The third kappa shape index (κ3) is 3.24. The summed E-state index contributed by atoms with van der Waals surface area (Å²) in [5.74, 6) is 0.967. The lowest BCUT2D eigenvalue weighted by atomic mass is 10.0. The Morgan fingerprint density at radius 3 is 2.68 bits per heavy atom. The van der Waals surface area contributed by atoms with Crippen LogP contribution in [-0.4, -0.2) is 15.2 Å². The molecule has 0 saturated heterocycles.